The van der Waals surface area contributed by atoms with Crippen molar-refractivity contribution in [2.45, 2.75) is 26.4 Å². The summed E-state index contributed by atoms with van der Waals surface area (Å²) in [5, 5.41) is 26.7. The molecule has 0 atom stereocenters. The average molecular weight is 529 g/mol. The molecule has 9 nitrogen and oxygen atoms in total. The number of nitrogens with zero attached hydrogens (tertiary/aromatic N) is 2. The van der Waals surface area contributed by atoms with Crippen molar-refractivity contribution in [1.29, 1.82) is 0 Å². The topological polar surface area (TPSA) is 121 Å². The average Bonchev–Trinajstić information content (AvgIpc) is 3.33. The van der Waals surface area contributed by atoms with Crippen molar-refractivity contribution in [2.75, 3.05) is 23.3 Å². The minimum atomic E-state index is -0.566. The molecule has 0 saturated carbocycles. The third-order valence-corrected chi connectivity index (χ3v) is 6.61. The molecule has 1 aromatic heterocycles. The Balaban J connectivity index is 1.43. The van der Waals surface area contributed by atoms with Crippen LogP contribution in [0.4, 0.5) is 17.1 Å². The van der Waals surface area contributed by atoms with E-state index in [-0.39, 0.29) is 23.0 Å². The fourth-order valence-corrected chi connectivity index (χ4v) is 4.55. The number of nitro groups is 1. The van der Waals surface area contributed by atoms with Crippen molar-refractivity contribution in [3.05, 3.63) is 75.0 Å². The summed E-state index contributed by atoms with van der Waals surface area (Å²) in [4.78, 5) is 26.0. The summed E-state index contributed by atoms with van der Waals surface area (Å²) < 4.78 is 5.51. The number of halogens is 1. The van der Waals surface area contributed by atoms with Gasteiger partial charge in [0.05, 0.1) is 9.95 Å². The molecule has 3 aromatic rings. The molecule has 1 fully saturated rings. The van der Waals surface area contributed by atoms with Gasteiger partial charge >= 0.3 is 0 Å². The van der Waals surface area contributed by atoms with Crippen LogP contribution < -0.4 is 15.5 Å². The lowest BCUT2D eigenvalue weighted by Crippen LogP contribution is -2.35. The first-order chi connectivity index (χ1) is 17.2. The lowest BCUT2D eigenvalue weighted by Gasteiger charge is -2.31. The van der Waals surface area contributed by atoms with E-state index in [1.807, 2.05) is 4.90 Å². The van der Waals surface area contributed by atoms with Crippen LogP contribution in [0.25, 0.3) is 11.3 Å². The number of nitrogens with one attached hydrogen (secondary N) is 2. The Kier molecular flexibility index (Phi) is 7.88. The van der Waals surface area contributed by atoms with Gasteiger partial charge < -0.3 is 19.7 Å². The third-order valence-electron chi connectivity index (χ3n) is 6.10. The van der Waals surface area contributed by atoms with Crippen LogP contribution in [0, 0.1) is 16.0 Å². The van der Waals surface area contributed by atoms with E-state index >= 15 is 0 Å². The van der Waals surface area contributed by atoms with E-state index in [1.54, 1.807) is 42.5 Å². The molecule has 0 bridgehead atoms. The van der Waals surface area contributed by atoms with E-state index < -0.39 is 10.8 Å². The maximum absolute atomic E-state index is 12.8. The number of carbonyl (C=O) groups is 1. The van der Waals surface area contributed by atoms with E-state index in [1.165, 1.54) is 6.07 Å². The predicted octanol–water partition coefficient (Wildman–Crippen LogP) is 5.36. The maximum Gasteiger partial charge on any atom is 0.293 e. The zero-order chi connectivity index (χ0) is 25.8. The Bertz CT molecular complexity index is 1300. The zero-order valence-electron chi connectivity index (χ0n) is 19.5. The third kappa shape index (κ3) is 5.84. The first-order valence-corrected chi connectivity index (χ1v) is 12.2. The summed E-state index contributed by atoms with van der Waals surface area (Å²) in [6.07, 6.45) is 1.94. The molecule has 0 unspecified atom stereocenters. The number of carbonyl (C=O) groups excluding carboxylic acids is 1. The minimum absolute atomic E-state index is 0.0149. The van der Waals surface area contributed by atoms with Gasteiger partial charge in [-0.3, -0.25) is 20.2 Å². The van der Waals surface area contributed by atoms with Crippen LogP contribution in [0.15, 0.2) is 52.9 Å². The van der Waals surface area contributed by atoms with Gasteiger partial charge in [-0.25, -0.2) is 0 Å². The van der Waals surface area contributed by atoms with Crippen molar-refractivity contribution < 1.29 is 19.2 Å². The second-order valence-corrected chi connectivity index (χ2v) is 9.47. The fourth-order valence-electron chi connectivity index (χ4n) is 4.07. The molecule has 0 radical (unpaired) electrons. The van der Waals surface area contributed by atoms with Gasteiger partial charge in [0.2, 0.25) is 0 Å². The Morgan fingerprint density at radius 3 is 2.61 bits per heavy atom. The molecule has 1 amide bonds. The van der Waals surface area contributed by atoms with Crippen molar-refractivity contribution >= 4 is 51.9 Å². The number of rotatable bonds is 6. The van der Waals surface area contributed by atoms with Crippen LogP contribution in [0.3, 0.4) is 0 Å². The molecular formula is C25H25ClN4O5S. The smallest absolute Gasteiger partial charge is 0.293 e. The summed E-state index contributed by atoms with van der Waals surface area (Å²) in [7, 11) is 0. The molecule has 4 rings (SSSR count). The van der Waals surface area contributed by atoms with Crippen LogP contribution in [0.1, 0.15) is 35.9 Å². The monoisotopic (exact) mass is 528 g/mol. The number of furan rings is 1. The van der Waals surface area contributed by atoms with E-state index in [0.717, 1.165) is 25.9 Å². The molecule has 3 N–H and O–H groups in total. The van der Waals surface area contributed by atoms with Gasteiger partial charge in [-0.2, -0.15) is 0 Å². The number of amides is 1. The SMILES string of the molecule is CC1CCN(c2ccc(C(=O)NC(=S)Nc3ccc(-c4ccc(CO)o4)c(Cl)c3)cc2[N+](=O)[O-])CC1. The largest absolute Gasteiger partial charge is 0.459 e. The molecule has 11 heteroatoms. The maximum atomic E-state index is 12.8. The highest BCUT2D eigenvalue weighted by molar-refractivity contribution is 7.80. The lowest BCUT2D eigenvalue weighted by atomic mass is 9.98. The number of hydrogen-bond acceptors (Lipinski definition) is 7. The number of piperidine rings is 1. The predicted molar refractivity (Wildman–Crippen MR) is 142 cm³/mol. The summed E-state index contributed by atoms with van der Waals surface area (Å²) in [6.45, 7) is 3.44. The van der Waals surface area contributed by atoms with Gasteiger partial charge in [0, 0.05) is 36.0 Å². The second-order valence-electron chi connectivity index (χ2n) is 8.66. The summed E-state index contributed by atoms with van der Waals surface area (Å²) >= 11 is 11.6. The van der Waals surface area contributed by atoms with Crippen molar-refractivity contribution in [1.82, 2.24) is 5.32 Å². The quantitative estimate of drug-likeness (QED) is 0.222. The van der Waals surface area contributed by atoms with Gasteiger partial charge in [0.1, 0.15) is 23.8 Å². The highest BCUT2D eigenvalue weighted by Crippen LogP contribution is 2.33. The lowest BCUT2D eigenvalue weighted by molar-refractivity contribution is -0.384. The molecule has 2 heterocycles. The second kappa shape index (κ2) is 11.1. The molecule has 0 spiro atoms. The van der Waals surface area contributed by atoms with Crippen LogP contribution in [-0.2, 0) is 6.61 Å². The van der Waals surface area contributed by atoms with Crippen LogP contribution in [-0.4, -0.2) is 34.1 Å². The molecule has 36 heavy (non-hydrogen) atoms. The van der Waals surface area contributed by atoms with Crippen molar-refractivity contribution in [3.63, 3.8) is 0 Å². The number of anilines is 2. The fraction of sp³-hybridized carbons (Fsp3) is 0.280. The van der Waals surface area contributed by atoms with E-state index in [4.69, 9.17) is 33.3 Å². The minimum Gasteiger partial charge on any atom is -0.459 e. The number of nitro benzene ring substituents is 1. The zero-order valence-corrected chi connectivity index (χ0v) is 21.1. The number of hydrogen-bond donors (Lipinski definition) is 3. The Labute approximate surface area is 218 Å². The van der Waals surface area contributed by atoms with Gasteiger partial charge in [-0.1, -0.05) is 18.5 Å². The van der Waals surface area contributed by atoms with Gasteiger partial charge in [-0.05, 0) is 73.4 Å². The number of aliphatic hydroxyl groups is 1. The highest BCUT2D eigenvalue weighted by atomic mass is 35.5. The van der Waals surface area contributed by atoms with Crippen LogP contribution in [0.2, 0.25) is 5.02 Å². The Hall–Kier alpha value is -3.47. The molecule has 1 aliphatic rings. The van der Waals surface area contributed by atoms with E-state index in [2.05, 4.69) is 17.6 Å². The normalized spacial score (nSPS) is 13.9. The standard InChI is InChI=1S/C25H25ClN4O5S/c1-15-8-10-29(11-9-15)21-6-2-16(12-22(21)30(33)34)24(32)28-25(36)27-17-3-5-19(20(26)13-17)23-7-4-18(14-31)35-23/h2-7,12-13,15,31H,8-11,14H2,1H3,(H2,27,28,32,36). The molecule has 1 aliphatic heterocycles. The summed E-state index contributed by atoms with van der Waals surface area (Å²) in [5.74, 6) is 0.958. The van der Waals surface area contributed by atoms with E-state index in [9.17, 15) is 14.9 Å². The van der Waals surface area contributed by atoms with Crippen molar-refractivity contribution in [2.24, 2.45) is 5.92 Å². The molecule has 2 aromatic carbocycles. The highest BCUT2D eigenvalue weighted by Gasteiger charge is 2.25. The van der Waals surface area contributed by atoms with Crippen LogP contribution in [0.5, 0.6) is 0 Å². The van der Waals surface area contributed by atoms with Gasteiger partial charge in [-0.15, -0.1) is 0 Å². The van der Waals surface area contributed by atoms with Gasteiger partial charge in [0.15, 0.2) is 5.11 Å². The first kappa shape index (κ1) is 25.6. The van der Waals surface area contributed by atoms with E-state index in [0.29, 0.717) is 39.4 Å². The first-order valence-electron chi connectivity index (χ1n) is 11.4. The number of aliphatic hydroxyl groups excluding tert-OH is 1. The summed E-state index contributed by atoms with van der Waals surface area (Å²) in [5.41, 5.74) is 1.70. The molecule has 0 aliphatic carbocycles. The summed E-state index contributed by atoms with van der Waals surface area (Å²) in [6, 6.07) is 12.9. The molecular weight excluding hydrogens is 504 g/mol. The van der Waals surface area contributed by atoms with Crippen LogP contribution >= 0.6 is 23.8 Å². The van der Waals surface area contributed by atoms with Gasteiger partial charge in [0.25, 0.3) is 11.6 Å². The Morgan fingerprint density at radius 1 is 1.22 bits per heavy atom. The Morgan fingerprint density at radius 2 is 1.97 bits per heavy atom. The number of thiocarbonyl (C=S) groups is 1. The molecule has 1 saturated heterocycles. The number of benzene rings is 2. The molecule has 188 valence electrons. The van der Waals surface area contributed by atoms with Crippen molar-refractivity contribution in [3.8, 4) is 11.3 Å².